The molecule has 2 rings (SSSR count). The number of hydrogen-bond donors (Lipinski definition) is 1. The van der Waals surface area contributed by atoms with Gasteiger partial charge in [-0.25, -0.2) is 4.79 Å². The van der Waals surface area contributed by atoms with Crippen molar-refractivity contribution >= 4 is 37.8 Å². The van der Waals surface area contributed by atoms with Crippen molar-refractivity contribution in [2.24, 2.45) is 0 Å². The summed E-state index contributed by atoms with van der Waals surface area (Å²) < 4.78 is 12.4. The molecule has 0 saturated carbocycles. The van der Waals surface area contributed by atoms with Gasteiger partial charge in [-0.2, -0.15) is 0 Å². The number of benzene rings is 2. The van der Waals surface area contributed by atoms with E-state index in [2.05, 4.69) is 31.9 Å². The lowest BCUT2D eigenvalue weighted by atomic mass is 10.2. The van der Waals surface area contributed by atoms with E-state index in [0.717, 1.165) is 10.0 Å². The van der Waals surface area contributed by atoms with Crippen LogP contribution in [0.4, 0.5) is 0 Å². The van der Waals surface area contributed by atoms with E-state index in [4.69, 9.17) is 9.47 Å². The minimum atomic E-state index is -1.03. The molecule has 0 fully saturated rings. The molecule has 21 heavy (non-hydrogen) atoms. The molecule has 0 aliphatic carbocycles. The highest BCUT2D eigenvalue weighted by Gasteiger charge is 2.15. The quantitative estimate of drug-likeness (QED) is 0.781. The maximum Gasteiger partial charge on any atom is 0.339 e. The van der Waals surface area contributed by atoms with Crippen LogP contribution in [0.5, 0.6) is 11.5 Å². The lowest BCUT2D eigenvalue weighted by molar-refractivity contribution is 0.0691. The molecule has 4 nitrogen and oxygen atoms in total. The molecule has 0 aliphatic rings. The highest BCUT2D eigenvalue weighted by molar-refractivity contribution is 9.10. The number of halogens is 2. The zero-order valence-electron chi connectivity index (χ0n) is 11.1. The number of carbonyl (C=O) groups is 1. The number of methoxy groups -OCH3 is 1. The molecule has 0 spiro atoms. The Hall–Kier alpha value is -1.53. The number of hydrogen-bond acceptors (Lipinski definition) is 3. The lowest BCUT2D eigenvalue weighted by Gasteiger charge is -2.13. The molecule has 0 heterocycles. The van der Waals surface area contributed by atoms with Crippen molar-refractivity contribution in [3.63, 3.8) is 0 Å². The van der Waals surface area contributed by atoms with E-state index in [0.29, 0.717) is 16.0 Å². The molecule has 2 aromatic carbocycles. The van der Waals surface area contributed by atoms with Crippen molar-refractivity contribution < 1.29 is 19.4 Å². The number of aromatic carboxylic acids is 1. The van der Waals surface area contributed by atoms with Gasteiger partial charge in [-0.05, 0) is 46.3 Å². The minimum Gasteiger partial charge on any atom is -0.496 e. The van der Waals surface area contributed by atoms with Crippen LogP contribution in [0.2, 0.25) is 0 Å². The molecule has 6 heteroatoms. The summed E-state index contributed by atoms with van der Waals surface area (Å²) in [5.41, 5.74) is 0.928. The van der Waals surface area contributed by atoms with Crippen LogP contribution in [0.15, 0.2) is 45.3 Å². The SMILES string of the molecule is COc1ccc(Br)cc1COc1c(Br)cccc1C(=O)O. The van der Waals surface area contributed by atoms with Crippen molar-refractivity contribution in [1.29, 1.82) is 0 Å². The molecule has 2 aromatic rings. The van der Waals surface area contributed by atoms with Gasteiger partial charge in [0.15, 0.2) is 0 Å². The maximum atomic E-state index is 11.2. The normalized spacial score (nSPS) is 10.2. The average molecular weight is 416 g/mol. The fraction of sp³-hybridized carbons (Fsp3) is 0.133. The monoisotopic (exact) mass is 414 g/mol. The first-order valence-electron chi connectivity index (χ1n) is 6.00. The van der Waals surface area contributed by atoms with E-state index in [9.17, 15) is 9.90 Å². The van der Waals surface area contributed by atoms with Gasteiger partial charge in [-0.3, -0.25) is 0 Å². The zero-order valence-corrected chi connectivity index (χ0v) is 14.3. The van der Waals surface area contributed by atoms with Crippen molar-refractivity contribution in [3.05, 3.63) is 56.5 Å². The summed E-state index contributed by atoms with van der Waals surface area (Å²) in [6, 6.07) is 10.4. The fourth-order valence-corrected chi connectivity index (χ4v) is 2.72. The summed E-state index contributed by atoms with van der Waals surface area (Å²) in [6.07, 6.45) is 0. The van der Waals surface area contributed by atoms with E-state index in [1.54, 1.807) is 19.2 Å². The second-order valence-corrected chi connectivity index (χ2v) is 5.94. The van der Waals surface area contributed by atoms with Gasteiger partial charge in [-0.15, -0.1) is 0 Å². The summed E-state index contributed by atoms with van der Waals surface area (Å²) in [6.45, 7) is 0.200. The van der Waals surface area contributed by atoms with E-state index < -0.39 is 5.97 Å². The number of para-hydroxylation sites is 1. The fourth-order valence-electron chi connectivity index (χ4n) is 1.83. The minimum absolute atomic E-state index is 0.110. The predicted molar refractivity (Wildman–Crippen MR) is 86.1 cm³/mol. The van der Waals surface area contributed by atoms with E-state index in [1.165, 1.54) is 6.07 Å². The van der Waals surface area contributed by atoms with Gasteiger partial charge < -0.3 is 14.6 Å². The van der Waals surface area contributed by atoms with Crippen molar-refractivity contribution in [2.75, 3.05) is 7.11 Å². The van der Waals surface area contributed by atoms with Crippen LogP contribution in [0.1, 0.15) is 15.9 Å². The average Bonchev–Trinajstić information content (AvgIpc) is 2.45. The van der Waals surface area contributed by atoms with Gasteiger partial charge in [0.05, 0.1) is 11.6 Å². The first-order chi connectivity index (χ1) is 10.0. The summed E-state index contributed by atoms with van der Waals surface area (Å²) in [4.78, 5) is 11.2. The van der Waals surface area contributed by atoms with Crippen LogP contribution in [0, 0.1) is 0 Å². The van der Waals surface area contributed by atoms with Crippen LogP contribution >= 0.6 is 31.9 Å². The summed E-state index contributed by atoms with van der Waals surface area (Å²) in [7, 11) is 1.58. The molecule has 0 bridgehead atoms. The molecule has 0 atom stereocenters. The Balaban J connectivity index is 2.28. The topological polar surface area (TPSA) is 55.8 Å². The maximum absolute atomic E-state index is 11.2. The van der Waals surface area contributed by atoms with E-state index in [1.807, 2.05) is 18.2 Å². The van der Waals surface area contributed by atoms with Crippen LogP contribution in [-0.2, 0) is 6.61 Å². The molecular formula is C15H12Br2O4. The second kappa shape index (κ2) is 6.95. The smallest absolute Gasteiger partial charge is 0.339 e. The number of carboxylic acid groups (broad SMARTS) is 1. The number of carboxylic acids is 1. The molecule has 0 aliphatic heterocycles. The Bertz CT molecular complexity index is 671. The molecule has 110 valence electrons. The van der Waals surface area contributed by atoms with Crippen molar-refractivity contribution in [1.82, 2.24) is 0 Å². The molecule has 0 unspecified atom stereocenters. The largest absolute Gasteiger partial charge is 0.496 e. The zero-order chi connectivity index (χ0) is 15.4. The third-order valence-corrected chi connectivity index (χ3v) is 3.93. The Morgan fingerprint density at radius 2 is 2.00 bits per heavy atom. The third-order valence-electron chi connectivity index (χ3n) is 2.81. The Labute approximate surface area is 139 Å². The first-order valence-corrected chi connectivity index (χ1v) is 7.58. The second-order valence-electron chi connectivity index (χ2n) is 4.17. The lowest BCUT2D eigenvalue weighted by Crippen LogP contribution is -2.05. The molecule has 0 radical (unpaired) electrons. The van der Waals surface area contributed by atoms with Crippen molar-refractivity contribution in [2.45, 2.75) is 6.61 Å². The summed E-state index contributed by atoms with van der Waals surface area (Å²) in [5.74, 6) is -0.0540. The van der Waals surface area contributed by atoms with Crippen LogP contribution in [0.25, 0.3) is 0 Å². The number of ether oxygens (including phenoxy) is 2. The summed E-state index contributed by atoms with van der Waals surface area (Å²) >= 11 is 6.70. The molecule has 0 saturated heterocycles. The van der Waals surface area contributed by atoms with E-state index >= 15 is 0 Å². The van der Waals surface area contributed by atoms with Crippen LogP contribution in [0.3, 0.4) is 0 Å². The molecular weight excluding hydrogens is 404 g/mol. The Kier molecular flexibility index (Phi) is 5.25. The first kappa shape index (κ1) is 15.9. The van der Waals surface area contributed by atoms with Crippen LogP contribution in [-0.4, -0.2) is 18.2 Å². The van der Waals surface area contributed by atoms with Gasteiger partial charge in [0.2, 0.25) is 0 Å². The molecule has 1 N–H and O–H groups in total. The van der Waals surface area contributed by atoms with Gasteiger partial charge in [-0.1, -0.05) is 22.0 Å². The van der Waals surface area contributed by atoms with E-state index in [-0.39, 0.29) is 12.2 Å². The Morgan fingerprint density at radius 1 is 1.24 bits per heavy atom. The third kappa shape index (κ3) is 3.77. The standard InChI is InChI=1S/C15H12Br2O4/c1-20-13-6-5-10(16)7-9(13)8-21-14-11(15(18)19)3-2-4-12(14)17/h2-7H,8H2,1H3,(H,18,19). The summed E-state index contributed by atoms with van der Waals surface area (Å²) in [5, 5.41) is 9.20. The molecule has 0 aromatic heterocycles. The predicted octanol–water partition coefficient (Wildman–Crippen LogP) is 4.50. The van der Waals surface area contributed by atoms with Gasteiger partial charge in [0, 0.05) is 10.0 Å². The highest BCUT2D eigenvalue weighted by atomic mass is 79.9. The Morgan fingerprint density at radius 3 is 2.67 bits per heavy atom. The van der Waals surface area contributed by atoms with Crippen molar-refractivity contribution in [3.8, 4) is 11.5 Å². The molecule has 0 amide bonds. The van der Waals surface area contributed by atoms with Gasteiger partial charge in [0.25, 0.3) is 0 Å². The van der Waals surface area contributed by atoms with Gasteiger partial charge >= 0.3 is 5.97 Å². The number of rotatable bonds is 5. The highest BCUT2D eigenvalue weighted by Crippen LogP contribution is 2.31. The van der Waals surface area contributed by atoms with Crippen LogP contribution < -0.4 is 9.47 Å². The van der Waals surface area contributed by atoms with Gasteiger partial charge in [0.1, 0.15) is 23.7 Å².